The molecule has 1 aromatic carbocycles. The summed E-state index contributed by atoms with van der Waals surface area (Å²) in [5, 5.41) is 5.50. The maximum atomic E-state index is 11.7. The van der Waals surface area contributed by atoms with Gasteiger partial charge in [0.25, 0.3) is 0 Å². The van der Waals surface area contributed by atoms with Crippen LogP contribution in [0, 0.1) is 0 Å². The molecule has 19 heavy (non-hydrogen) atoms. The number of esters is 1. The van der Waals surface area contributed by atoms with Crippen molar-refractivity contribution in [2.75, 3.05) is 7.11 Å². The summed E-state index contributed by atoms with van der Waals surface area (Å²) >= 11 is 0. The van der Waals surface area contributed by atoms with Gasteiger partial charge in [0.2, 0.25) is 0 Å². The Bertz CT molecular complexity index is 406. The molecule has 0 aliphatic carbocycles. The van der Waals surface area contributed by atoms with Crippen molar-refractivity contribution in [1.29, 1.82) is 0 Å². The third kappa shape index (κ3) is 5.90. The second-order valence-corrected chi connectivity index (χ2v) is 4.20. The number of urea groups is 1. The highest BCUT2D eigenvalue weighted by Gasteiger charge is 2.14. The maximum Gasteiger partial charge on any atom is 0.315 e. The normalized spacial score (nSPS) is 11.5. The van der Waals surface area contributed by atoms with Crippen molar-refractivity contribution in [2.24, 2.45) is 0 Å². The first-order valence-electron chi connectivity index (χ1n) is 6.30. The Labute approximate surface area is 113 Å². The topological polar surface area (TPSA) is 67.4 Å². The van der Waals surface area contributed by atoms with Crippen molar-refractivity contribution >= 4 is 12.0 Å². The highest BCUT2D eigenvalue weighted by molar-refractivity contribution is 5.76. The van der Waals surface area contributed by atoms with Crippen molar-refractivity contribution < 1.29 is 14.3 Å². The Hall–Kier alpha value is -2.04. The van der Waals surface area contributed by atoms with Crippen molar-refractivity contribution in [3.8, 4) is 0 Å². The Balaban J connectivity index is 2.35. The van der Waals surface area contributed by atoms with Crippen LogP contribution in [0.5, 0.6) is 0 Å². The van der Waals surface area contributed by atoms with E-state index in [0.717, 1.165) is 5.56 Å². The fraction of sp³-hybridized carbons (Fsp3) is 0.429. The lowest BCUT2D eigenvalue weighted by molar-refractivity contribution is -0.141. The van der Waals surface area contributed by atoms with E-state index in [0.29, 0.717) is 13.0 Å². The molecule has 104 valence electrons. The molecule has 0 aliphatic heterocycles. The summed E-state index contributed by atoms with van der Waals surface area (Å²) in [6.07, 6.45) is 0.861. The Morgan fingerprint density at radius 3 is 2.53 bits per heavy atom. The molecule has 0 saturated heterocycles. The summed E-state index contributed by atoms with van der Waals surface area (Å²) in [6, 6.07) is 9.15. The number of hydrogen-bond donors (Lipinski definition) is 2. The van der Waals surface area contributed by atoms with Gasteiger partial charge in [0.15, 0.2) is 0 Å². The van der Waals surface area contributed by atoms with E-state index in [9.17, 15) is 9.59 Å². The minimum absolute atomic E-state index is 0.186. The largest absolute Gasteiger partial charge is 0.469 e. The van der Waals surface area contributed by atoms with Gasteiger partial charge in [-0.25, -0.2) is 4.79 Å². The lowest BCUT2D eigenvalue weighted by Gasteiger charge is -2.16. The highest BCUT2D eigenvalue weighted by Crippen LogP contribution is 2.00. The van der Waals surface area contributed by atoms with Crippen LogP contribution < -0.4 is 10.6 Å². The third-order valence-electron chi connectivity index (χ3n) is 2.76. The van der Waals surface area contributed by atoms with E-state index in [-0.39, 0.29) is 24.5 Å². The first-order chi connectivity index (χ1) is 9.15. The van der Waals surface area contributed by atoms with Gasteiger partial charge in [0, 0.05) is 12.6 Å². The number of nitrogens with one attached hydrogen (secondary N) is 2. The minimum Gasteiger partial charge on any atom is -0.469 e. The summed E-state index contributed by atoms with van der Waals surface area (Å²) < 4.78 is 4.58. The van der Waals surface area contributed by atoms with Gasteiger partial charge < -0.3 is 15.4 Å². The molecule has 1 unspecified atom stereocenters. The molecule has 0 radical (unpaired) electrons. The molecule has 1 atom stereocenters. The van der Waals surface area contributed by atoms with Gasteiger partial charge in [-0.05, 0) is 12.0 Å². The van der Waals surface area contributed by atoms with Gasteiger partial charge in [-0.3, -0.25) is 4.79 Å². The molecule has 1 aromatic rings. The van der Waals surface area contributed by atoms with Gasteiger partial charge in [-0.1, -0.05) is 37.3 Å². The predicted molar refractivity (Wildman–Crippen MR) is 72.5 cm³/mol. The maximum absolute atomic E-state index is 11.7. The molecule has 0 aliphatic rings. The molecule has 0 spiro atoms. The van der Waals surface area contributed by atoms with Crippen molar-refractivity contribution in [2.45, 2.75) is 32.4 Å². The highest BCUT2D eigenvalue weighted by atomic mass is 16.5. The number of methoxy groups -OCH3 is 1. The SMILES string of the molecule is CCC(CC(=O)OC)NC(=O)NCc1ccccc1. The van der Waals surface area contributed by atoms with E-state index in [1.54, 1.807) is 0 Å². The zero-order valence-corrected chi connectivity index (χ0v) is 11.3. The van der Waals surface area contributed by atoms with Crippen LogP contribution in [0.15, 0.2) is 30.3 Å². The van der Waals surface area contributed by atoms with Crippen LogP contribution >= 0.6 is 0 Å². The van der Waals surface area contributed by atoms with Crippen LogP contribution in [0.25, 0.3) is 0 Å². The van der Waals surface area contributed by atoms with Crippen molar-refractivity contribution in [1.82, 2.24) is 10.6 Å². The zero-order chi connectivity index (χ0) is 14.1. The quantitative estimate of drug-likeness (QED) is 0.770. The van der Waals surface area contributed by atoms with E-state index in [4.69, 9.17) is 0 Å². The lowest BCUT2D eigenvalue weighted by Crippen LogP contribution is -2.42. The number of rotatable bonds is 6. The predicted octanol–water partition coefficient (Wildman–Crippen LogP) is 1.83. The van der Waals surface area contributed by atoms with Crippen LogP contribution in [0.3, 0.4) is 0 Å². The molecule has 0 heterocycles. The van der Waals surface area contributed by atoms with E-state index in [1.807, 2.05) is 37.3 Å². The molecule has 0 bridgehead atoms. The van der Waals surface area contributed by atoms with E-state index >= 15 is 0 Å². The van der Waals surface area contributed by atoms with E-state index < -0.39 is 0 Å². The summed E-state index contributed by atoms with van der Waals surface area (Å²) in [4.78, 5) is 22.8. The molecule has 1 rings (SSSR count). The molecule has 0 saturated carbocycles. The van der Waals surface area contributed by atoms with Crippen LogP contribution in [0.1, 0.15) is 25.3 Å². The number of amides is 2. The molecular formula is C14H20N2O3. The van der Waals surface area contributed by atoms with Crippen LogP contribution in [-0.2, 0) is 16.1 Å². The van der Waals surface area contributed by atoms with Crippen LogP contribution in [-0.4, -0.2) is 25.2 Å². The average molecular weight is 264 g/mol. The number of benzene rings is 1. The Kier molecular flexibility index (Phi) is 6.43. The molecular weight excluding hydrogens is 244 g/mol. The third-order valence-corrected chi connectivity index (χ3v) is 2.76. The lowest BCUT2D eigenvalue weighted by atomic mass is 10.1. The van der Waals surface area contributed by atoms with E-state index in [1.165, 1.54) is 7.11 Å². The first-order valence-corrected chi connectivity index (χ1v) is 6.30. The number of carbonyl (C=O) groups excluding carboxylic acids is 2. The fourth-order valence-electron chi connectivity index (χ4n) is 1.60. The average Bonchev–Trinajstić information content (AvgIpc) is 2.45. The Morgan fingerprint density at radius 2 is 1.95 bits per heavy atom. The van der Waals surface area contributed by atoms with Gasteiger partial charge in [-0.2, -0.15) is 0 Å². The number of hydrogen-bond acceptors (Lipinski definition) is 3. The van der Waals surface area contributed by atoms with Crippen LogP contribution in [0.2, 0.25) is 0 Å². The molecule has 2 amide bonds. The van der Waals surface area contributed by atoms with Gasteiger partial charge >= 0.3 is 12.0 Å². The van der Waals surface area contributed by atoms with Crippen molar-refractivity contribution in [3.05, 3.63) is 35.9 Å². The second kappa shape index (κ2) is 8.13. The number of ether oxygens (including phenoxy) is 1. The van der Waals surface area contributed by atoms with Crippen LogP contribution in [0.4, 0.5) is 4.79 Å². The summed E-state index contributed by atoms with van der Waals surface area (Å²) in [7, 11) is 1.34. The number of carbonyl (C=O) groups is 2. The standard InChI is InChI=1S/C14H20N2O3/c1-3-12(9-13(17)19-2)16-14(18)15-10-11-7-5-4-6-8-11/h4-8,12H,3,9-10H2,1-2H3,(H2,15,16,18). The fourth-order valence-corrected chi connectivity index (χ4v) is 1.60. The van der Waals surface area contributed by atoms with Crippen molar-refractivity contribution in [3.63, 3.8) is 0 Å². The summed E-state index contributed by atoms with van der Waals surface area (Å²) in [6.45, 7) is 2.37. The Morgan fingerprint density at radius 1 is 1.26 bits per heavy atom. The molecule has 5 heteroatoms. The molecule has 2 N–H and O–H groups in total. The van der Waals surface area contributed by atoms with E-state index in [2.05, 4.69) is 15.4 Å². The zero-order valence-electron chi connectivity index (χ0n) is 11.3. The smallest absolute Gasteiger partial charge is 0.315 e. The monoisotopic (exact) mass is 264 g/mol. The first kappa shape index (κ1) is 15.0. The summed E-state index contributed by atoms with van der Waals surface area (Å²) in [5.41, 5.74) is 1.03. The molecule has 0 aromatic heterocycles. The van der Waals surface area contributed by atoms with Gasteiger partial charge in [0.05, 0.1) is 13.5 Å². The second-order valence-electron chi connectivity index (χ2n) is 4.20. The van der Waals surface area contributed by atoms with Gasteiger partial charge in [-0.15, -0.1) is 0 Å². The molecule has 5 nitrogen and oxygen atoms in total. The molecule has 0 fully saturated rings. The van der Waals surface area contributed by atoms with Gasteiger partial charge in [0.1, 0.15) is 0 Å². The minimum atomic E-state index is -0.324. The summed E-state index contributed by atoms with van der Waals surface area (Å²) in [5.74, 6) is -0.324.